The van der Waals surface area contributed by atoms with Gasteiger partial charge in [-0.3, -0.25) is 14.7 Å². The summed E-state index contributed by atoms with van der Waals surface area (Å²) in [6.07, 6.45) is 1.49. The SMILES string of the molecule is Cc1cccc(CNC(=O)c2c[nH]n3c(=O)cc(C)nc23)c1. The minimum atomic E-state index is -0.266. The number of rotatable bonds is 3. The third kappa shape index (κ3) is 2.63. The number of aryl methyl sites for hydroxylation is 2. The third-order valence-corrected chi connectivity index (χ3v) is 3.41. The smallest absolute Gasteiger partial charge is 0.272 e. The number of amides is 1. The Hall–Kier alpha value is -2.89. The number of nitrogens with one attached hydrogen (secondary N) is 2. The molecule has 2 N–H and O–H groups in total. The van der Waals surface area contributed by atoms with E-state index in [2.05, 4.69) is 15.4 Å². The van der Waals surface area contributed by atoms with Gasteiger partial charge >= 0.3 is 0 Å². The minimum Gasteiger partial charge on any atom is -0.348 e. The molecular weight excluding hydrogens is 280 g/mol. The average Bonchev–Trinajstić information content (AvgIpc) is 2.89. The molecule has 0 atom stereocenters. The van der Waals surface area contributed by atoms with E-state index < -0.39 is 0 Å². The highest BCUT2D eigenvalue weighted by Gasteiger charge is 2.14. The Labute approximate surface area is 126 Å². The second-order valence-electron chi connectivity index (χ2n) is 5.25. The van der Waals surface area contributed by atoms with Gasteiger partial charge in [-0.25, -0.2) is 9.50 Å². The first-order valence-electron chi connectivity index (χ1n) is 6.96. The van der Waals surface area contributed by atoms with Crippen molar-refractivity contribution in [2.24, 2.45) is 0 Å². The van der Waals surface area contributed by atoms with E-state index >= 15 is 0 Å². The van der Waals surface area contributed by atoms with Gasteiger partial charge in [0.15, 0.2) is 5.65 Å². The van der Waals surface area contributed by atoms with E-state index in [1.165, 1.54) is 16.8 Å². The van der Waals surface area contributed by atoms with E-state index in [4.69, 9.17) is 0 Å². The molecule has 0 fully saturated rings. The molecule has 0 aliphatic carbocycles. The van der Waals surface area contributed by atoms with Crippen molar-refractivity contribution in [3.63, 3.8) is 0 Å². The maximum atomic E-state index is 12.3. The predicted octanol–water partition coefficient (Wildman–Crippen LogP) is 1.57. The van der Waals surface area contributed by atoms with Crippen LogP contribution in [0, 0.1) is 13.8 Å². The number of hydrogen-bond donors (Lipinski definition) is 2. The molecule has 0 spiro atoms. The monoisotopic (exact) mass is 296 g/mol. The van der Waals surface area contributed by atoms with Crippen molar-refractivity contribution in [2.75, 3.05) is 0 Å². The van der Waals surface area contributed by atoms with Crippen molar-refractivity contribution >= 4 is 11.6 Å². The van der Waals surface area contributed by atoms with Crippen LogP contribution in [0.4, 0.5) is 0 Å². The zero-order valence-electron chi connectivity index (χ0n) is 12.4. The van der Waals surface area contributed by atoms with Gasteiger partial charge in [-0.05, 0) is 19.4 Å². The van der Waals surface area contributed by atoms with Crippen LogP contribution in [-0.4, -0.2) is 20.5 Å². The summed E-state index contributed by atoms with van der Waals surface area (Å²) < 4.78 is 1.26. The lowest BCUT2D eigenvalue weighted by molar-refractivity contribution is 0.0952. The summed E-state index contributed by atoms with van der Waals surface area (Å²) in [4.78, 5) is 28.4. The van der Waals surface area contributed by atoms with Crippen molar-refractivity contribution in [1.29, 1.82) is 0 Å². The van der Waals surface area contributed by atoms with Crippen LogP contribution in [0.25, 0.3) is 5.65 Å². The summed E-state index contributed by atoms with van der Waals surface area (Å²) in [5.74, 6) is -0.266. The quantitative estimate of drug-likeness (QED) is 0.770. The van der Waals surface area contributed by atoms with Gasteiger partial charge in [-0.1, -0.05) is 29.8 Å². The molecule has 0 unspecified atom stereocenters. The molecule has 6 heteroatoms. The molecule has 22 heavy (non-hydrogen) atoms. The molecule has 2 heterocycles. The molecule has 1 amide bonds. The minimum absolute atomic E-state index is 0.236. The summed E-state index contributed by atoms with van der Waals surface area (Å²) >= 11 is 0. The lowest BCUT2D eigenvalue weighted by Gasteiger charge is -2.05. The van der Waals surface area contributed by atoms with Crippen molar-refractivity contribution in [3.8, 4) is 0 Å². The fourth-order valence-electron chi connectivity index (χ4n) is 2.36. The molecule has 0 radical (unpaired) electrons. The summed E-state index contributed by atoms with van der Waals surface area (Å²) in [5, 5.41) is 5.60. The lowest BCUT2D eigenvalue weighted by atomic mass is 10.1. The topological polar surface area (TPSA) is 79.3 Å². The Morgan fingerprint density at radius 2 is 2.14 bits per heavy atom. The Kier molecular flexibility index (Phi) is 3.50. The number of carbonyl (C=O) groups excluding carboxylic acids is 1. The van der Waals surface area contributed by atoms with E-state index in [1.807, 2.05) is 31.2 Å². The summed E-state index contributed by atoms with van der Waals surface area (Å²) in [7, 11) is 0. The second kappa shape index (κ2) is 5.48. The van der Waals surface area contributed by atoms with Crippen LogP contribution in [0.15, 0.2) is 41.3 Å². The molecule has 0 bridgehead atoms. The molecule has 112 valence electrons. The molecule has 0 saturated heterocycles. The first-order chi connectivity index (χ1) is 10.5. The van der Waals surface area contributed by atoms with E-state index in [0.29, 0.717) is 23.4 Å². The van der Waals surface area contributed by atoms with Gasteiger partial charge in [0.2, 0.25) is 0 Å². The maximum Gasteiger partial charge on any atom is 0.272 e. The number of hydrogen-bond acceptors (Lipinski definition) is 3. The first kappa shape index (κ1) is 14.1. The van der Waals surface area contributed by atoms with E-state index in [9.17, 15) is 9.59 Å². The summed E-state index contributed by atoms with van der Waals surface area (Å²) in [5.41, 5.74) is 3.20. The van der Waals surface area contributed by atoms with Crippen LogP contribution in [0.2, 0.25) is 0 Å². The maximum absolute atomic E-state index is 12.3. The van der Waals surface area contributed by atoms with Crippen LogP contribution in [-0.2, 0) is 6.54 Å². The van der Waals surface area contributed by atoms with Crippen LogP contribution in [0.3, 0.4) is 0 Å². The highest BCUT2D eigenvalue weighted by Crippen LogP contribution is 2.08. The second-order valence-corrected chi connectivity index (χ2v) is 5.25. The number of carbonyl (C=O) groups is 1. The lowest BCUT2D eigenvalue weighted by Crippen LogP contribution is -2.23. The standard InChI is InChI=1S/C16H16N4O2/c1-10-4-3-5-12(6-10)8-17-16(22)13-9-18-20-14(21)7-11(2)19-15(13)20/h3-7,9,18H,8H2,1-2H3,(H,17,22). The van der Waals surface area contributed by atoms with E-state index in [-0.39, 0.29) is 11.5 Å². The Morgan fingerprint density at radius 3 is 2.91 bits per heavy atom. The van der Waals surface area contributed by atoms with Crippen molar-refractivity contribution in [2.45, 2.75) is 20.4 Å². The molecular formula is C16H16N4O2. The first-order valence-corrected chi connectivity index (χ1v) is 6.96. The molecule has 3 rings (SSSR count). The highest BCUT2D eigenvalue weighted by atomic mass is 16.2. The van der Waals surface area contributed by atoms with Crippen LogP contribution < -0.4 is 10.9 Å². The molecule has 3 aromatic rings. The molecule has 6 nitrogen and oxygen atoms in total. The van der Waals surface area contributed by atoms with Gasteiger partial charge in [-0.15, -0.1) is 0 Å². The molecule has 0 aliphatic heterocycles. The molecule has 1 aromatic carbocycles. The van der Waals surface area contributed by atoms with Gasteiger partial charge < -0.3 is 5.32 Å². The average molecular weight is 296 g/mol. The molecule has 0 saturated carbocycles. The summed E-state index contributed by atoms with van der Waals surface area (Å²) in [6, 6.07) is 9.34. The fourth-order valence-corrected chi connectivity index (χ4v) is 2.36. The van der Waals surface area contributed by atoms with Crippen LogP contribution in [0.1, 0.15) is 27.2 Å². The molecule has 0 aliphatic rings. The molecule has 2 aromatic heterocycles. The van der Waals surface area contributed by atoms with Crippen molar-refractivity contribution in [3.05, 3.63) is 69.3 Å². The van der Waals surface area contributed by atoms with Gasteiger partial charge in [0.1, 0.15) is 5.56 Å². The fraction of sp³-hybridized carbons (Fsp3) is 0.188. The number of nitrogens with zero attached hydrogens (tertiary/aromatic N) is 2. The Balaban J connectivity index is 1.85. The van der Waals surface area contributed by atoms with Gasteiger partial charge in [-0.2, -0.15) is 0 Å². The number of benzene rings is 1. The normalized spacial score (nSPS) is 10.8. The third-order valence-electron chi connectivity index (χ3n) is 3.41. The zero-order chi connectivity index (χ0) is 15.7. The highest BCUT2D eigenvalue weighted by molar-refractivity contribution is 5.99. The van der Waals surface area contributed by atoms with Gasteiger partial charge in [0.05, 0.1) is 0 Å². The number of aromatic amines is 1. The van der Waals surface area contributed by atoms with Crippen LogP contribution in [0.5, 0.6) is 0 Å². The van der Waals surface area contributed by atoms with Crippen molar-refractivity contribution in [1.82, 2.24) is 19.9 Å². The number of fused-ring (bicyclic) bond motifs is 1. The Bertz CT molecular complexity index is 908. The van der Waals surface area contributed by atoms with Crippen LogP contribution >= 0.6 is 0 Å². The predicted molar refractivity (Wildman–Crippen MR) is 82.9 cm³/mol. The van der Waals surface area contributed by atoms with Crippen molar-refractivity contribution < 1.29 is 4.79 Å². The number of H-pyrrole nitrogens is 1. The number of aromatic nitrogens is 3. The Morgan fingerprint density at radius 1 is 1.32 bits per heavy atom. The van der Waals surface area contributed by atoms with E-state index in [0.717, 1.165) is 11.1 Å². The summed E-state index contributed by atoms with van der Waals surface area (Å²) in [6.45, 7) is 4.15. The largest absolute Gasteiger partial charge is 0.348 e. The van der Waals surface area contributed by atoms with E-state index in [1.54, 1.807) is 6.92 Å². The van der Waals surface area contributed by atoms with Gasteiger partial charge in [0.25, 0.3) is 11.5 Å². The van der Waals surface area contributed by atoms with Gasteiger partial charge in [0, 0.05) is 24.5 Å². The zero-order valence-corrected chi connectivity index (χ0v) is 12.4.